The molecule has 0 spiro atoms. The van der Waals surface area contributed by atoms with E-state index in [0.717, 1.165) is 69.5 Å². The fraction of sp³-hybridized carbons (Fsp3) is 0.606. The summed E-state index contributed by atoms with van der Waals surface area (Å²) in [5.74, 6) is 0.629. The normalized spacial score (nSPS) is 14.1. The fourth-order valence-corrected chi connectivity index (χ4v) is 4.75. The first-order valence-electron chi connectivity index (χ1n) is 14.5. The Labute approximate surface area is 233 Å². The predicted octanol–water partition coefficient (Wildman–Crippen LogP) is 7.66. The van der Waals surface area contributed by atoms with Crippen molar-refractivity contribution in [2.45, 2.75) is 85.5 Å². The Hall–Kier alpha value is -2.37. The standard InChI is InChI=1S/C33H54N4O/c1-8-16-29-19-10-11-20-30(29)24-28(25-34-5)18-12-14-22-36-26-31(35-6)27-37-32(17-9-2)33(3,4)21-13-15-23-38-7/h9-11,17,19-20,22,26,28,34H,6,8,12-16,18,21,23-25,27H2,1-5,7H3/b17-9+,31-26-,36-22?,37-32?. The second-order valence-corrected chi connectivity index (χ2v) is 10.7. The van der Waals surface area contributed by atoms with E-state index in [2.05, 4.69) is 79.2 Å². The van der Waals surface area contributed by atoms with Crippen LogP contribution in [0.5, 0.6) is 0 Å². The second-order valence-electron chi connectivity index (χ2n) is 10.7. The Bertz CT molecular complexity index is 898. The van der Waals surface area contributed by atoms with Crippen molar-refractivity contribution in [1.82, 2.24) is 5.32 Å². The van der Waals surface area contributed by atoms with Gasteiger partial charge < -0.3 is 10.1 Å². The quantitative estimate of drug-likeness (QED) is 0.133. The molecule has 0 aliphatic carbocycles. The van der Waals surface area contributed by atoms with Gasteiger partial charge in [-0.3, -0.25) is 15.0 Å². The molecule has 0 heterocycles. The molecule has 0 saturated heterocycles. The van der Waals surface area contributed by atoms with Crippen LogP contribution in [0.15, 0.2) is 63.3 Å². The van der Waals surface area contributed by atoms with Crippen LogP contribution in [0.2, 0.25) is 0 Å². The summed E-state index contributed by atoms with van der Waals surface area (Å²) in [7, 11) is 3.81. The summed E-state index contributed by atoms with van der Waals surface area (Å²) in [6.45, 7) is 14.9. The molecule has 1 atom stereocenters. The summed E-state index contributed by atoms with van der Waals surface area (Å²) in [6.07, 6.45) is 18.0. The fourth-order valence-electron chi connectivity index (χ4n) is 4.75. The van der Waals surface area contributed by atoms with Crippen molar-refractivity contribution in [2.75, 3.05) is 33.9 Å². The summed E-state index contributed by atoms with van der Waals surface area (Å²) >= 11 is 0. The molecule has 0 aliphatic heterocycles. The highest BCUT2D eigenvalue weighted by molar-refractivity contribution is 5.99. The lowest BCUT2D eigenvalue weighted by Crippen LogP contribution is -2.23. The lowest BCUT2D eigenvalue weighted by molar-refractivity contribution is 0.189. The van der Waals surface area contributed by atoms with E-state index in [0.29, 0.717) is 12.5 Å². The molecule has 0 aliphatic rings. The molecule has 0 radical (unpaired) electrons. The first-order chi connectivity index (χ1) is 18.4. The van der Waals surface area contributed by atoms with Gasteiger partial charge >= 0.3 is 0 Å². The third-order valence-corrected chi connectivity index (χ3v) is 6.95. The van der Waals surface area contributed by atoms with E-state index in [1.54, 1.807) is 13.3 Å². The molecule has 0 amide bonds. The van der Waals surface area contributed by atoms with Gasteiger partial charge in [-0.05, 0) is 95.3 Å². The second kappa shape index (κ2) is 20.6. The third-order valence-electron chi connectivity index (χ3n) is 6.95. The Morgan fingerprint density at radius 2 is 1.92 bits per heavy atom. The van der Waals surface area contributed by atoms with E-state index in [9.17, 15) is 0 Å². The number of aryl methyl sites for hydroxylation is 1. The van der Waals surface area contributed by atoms with E-state index in [-0.39, 0.29) is 5.41 Å². The molecule has 212 valence electrons. The van der Waals surface area contributed by atoms with Crippen molar-refractivity contribution in [2.24, 2.45) is 26.3 Å². The predicted molar refractivity (Wildman–Crippen MR) is 168 cm³/mol. The SMILES string of the molecule is C=N/C(=C\N=CCCCC(CNC)Cc1ccccc1CCC)CN=C(/C=C/C)C(C)(C)CCCCOC. The molecule has 0 bridgehead atoms. The Morgan fingerprint density at radius 3 is 2.58 bits per heavy atom. The van der Waals surface area contributed by atoms with Gasteiger partial charge in [0.05, 0.1) is 12.2 Å². The average Bonchev–Trinajstić information content (AvgIpc) is 2.90. The van der Waals surface area contributed by atoms with Gasteiger partial charge in [-0.1, -0.05) is 64.0 Å². The van der Waals surface area contributed by atoms with Gasteiger partial charge in [0.2, 0.25) is 0 Å². The number of benzene rings is 1. The van der Waals surface area contributed by atoms with Gasteiger partial charge in [-0.15, -0.1) is 0 Å². The highest BCUT2D eigenvalue weighted by atomic mass is 16.5. The van der Waals surface area contributed by atoms with Gasteiger partial charge in [0.1, 0.15) is 0 Å². The number of hydrogen-bond donors (Lipinski definition) is 1. The lowest BCUT2D eigenvalue weighted by atomic mass is 9.82. The van der Waals surface area contributed by atoms with Crippen LogP contribution in [0.3, 0.4) is 0 Å². The molecule has 0 aromatic heterocycles. The highest BCUT2D eigenvalue weighted by Crippen LogP contribution is 2.27. The maximum absolute atomic E-state index is 5.19. The van der Waals surface area contributed by atoms with Crippen molar-refractivity contribution in [3.05, 3.63) is 59.4 Å². The van der Waals surface area contributed by atoms with Crippen molar-refractivity contribution in [3.8, 4) is 0 Å². The lowest BCUT2D eigenvalue weighted by Gasteiger charge is -2.25. The van der Waals surface area contributed by atoms with Crippen molar-refractivity contribution in [3.63, 3.8) is 0 Å². The maximum Gasteiger partial charge on any atom is 0.0830 e. The number of nitrogens with one attached hydrogen (secondary N) is 1. The van der Waals surface area contributed by atoms with Crippen molar-refractivity contribution < 1.29 is 4.74 Å². The summed E-state index contributed by atoms with van der Waals surface area (Å²) in [5.41, 5.74) is 4.88. The number of nitrogens with zero attached hydrogens (tertiary/aromatic N) is 3. The van der Waals surface area contributed by atoms with Crippen molar-refractivity contribution >= 4 is 18.6 Å². The van der Waals surface area contributed by atoms with Crippen LogP contribution in [0.4, 0.5) is 0 Å². The van der Waals surface area contributed by atoms with Crippen LogP contribution in [0.25, 0.3) is 0 Å². The van der Waals surface area contributed by atoms with E-state index < -0.39 is 0 Å². The van der Waals surface area contributed by atoms with Gasteiger partial charge in [-0.2, -0.15) is 0 Å². The minimum atomic E-state index is -0.00323. The number of hydrogen-bond acceptors (Lipinski definition) is 5. The first-order valence-corrected chi connectivity index (χ1v) is 14.5. The number of rotatable bonds is 21. The summed E-state index contributed by atoms with van der Waals surface area (Å²) < 4.78 is 5.19. The third kappa shape index (κ3) is 14.0. The smallest absolute Gasteiger partial charge is 0.0830 e. The Balaban J connectivity index is 2.65. The van der Waals surface area contributed by atoms with Gasteiger partial charge in [0.15, 0.2) is 0 Å². The molecule has 0 saturated carbocycles. The minimum absolute atomic E-state index is 0.00323. The molecule has 0 fully saturated rings. The van der Waals surface area contributed by atoms with Crippen LogP contribution in [-0.4, -0.2) is 52.5 Å². The molecular weight excluding hydrogens is 468 g/mol. The molecule has 5 heteroatoms. The zero-order valence-electron chi connectivity index (χ0n) is 25.1. The molecule has 38 heavy (non-hydrogen) atoms. The number of allylic oxidation sites excluding steroid dienone is 2. The monoisotopic (exact) mass is 522 g/mol. The van der Waals surface area contributed by atoms with E-state index in [1.165, 1.54) is 24.0 Å². The number of ether oxygens (including phenoxy) is 1. The maximum atomic E-state index is 5.19. The number of aliphatic imine (C=N–C) groups is 3. The van der Waals surface area contributed by atoms with Gasteiger partial charge in [0.25, 0.3) is 0 Å². The largest absolute Gasteiger partial charge is 0.385 e. The zero-order chi connectivity index (χ0) is 28.1. The molecular formula is C33H54N4O. The van der Waals surface area contributed by atoms with E-state index >= 15 is 0 Å². The van der Waals surface area contributed by atoms with Gasteiger partial charge in [-0.25, -0.2) is 0 Å². The minimum Gasteiger partial charge on any atom is -0.385 e. The number of methoxy groups -OCH3 is 1. The summed E-state index contributed by atoms with van der Waals surface area (Å²) in [5, 5.41) is 3.39. The van der Waals surface area contributed by atoms with Crippen LogP contribution < -0.4 is 5.32 Å². The van der Waals surface area contributed by atoms with Crippen LogP contribution in [-0.2, 0) is 17.6 Å². The highest BCUT2D eigenvalue weighted by Gasteiger charge is 2.22. The summed E-state index contributed by atoms with van der Waals surface area (Å²) in [4.78, 5) is 13.6. The molecule has 1 N–H and O–H groups in total. The number of unbranched alkanes of at least 4 members (excludes halogenated alkanes) is 2. The topological polar surface area (TPSA) is 58.3 Å². The zero-order valence-corrected chi connectivity index (χ0v) is 25.1. The van der Waals surface area contributed by atoms with E-state index in [4.69, 9.17) is 9.73 Å². The van der Waals surface area contributed by atoms with Crippen LogP contribution in [0, 0.1) is 11.3 Å². The molecule has 1 aromatic carbocycles. The van der Waals surface area contributed by atoms with Crippen LogP contribution >= 0.6 is 0 Å². The van der Waals surface area contributed by atoms with Crippen LogP contribution in [0.1, 0.15) is 83.8 Å². The first kappa shape index (κ1) is 33.7. The summed E-state index contributed by atoms with van der Waals surface area (Å²) in [6, 6.07) is 8.92. The molecule has 1 rings (SSSR count). The molecule has 1 aromatic rings. The van der Waals surface area contributed by atoms with Gasteiger partial charge in [0, 0.05) is 37.3 Å². The Kier molecular flexibility index (Phi) is 18.2. The Morgan fingerprint density at radius 1 is 1.16 bits per heavy atom. The molecule has 1 unspecified atom stereocenters. The average molecular weight is 523 g/mol. The van der Waals surface area contributed by atoms with Crippen molar-refractivity contribution in [1.29, 1.82) is 0 Å². The van der Waals surface area contributed by atoms with E-state index in [1.807, 2.05) is 20.2 Å². The molecule has 5 nitrogen and oxygen atoms in total.